The summed E-state index contributed by atoms with van der Waals surface area (Å²) in [7, 11) is 0. The van der Waals surface area contributed by atoms with Gasteiger partial charge in [0, 0.05) is 19.6 Å². The number of hydrogen-bond donors (Lipinski definition) is 3. The van der Waals surface area contributed by atoms with Gasteiger partial charge in [0.05, 0.1) is 6.42 Å². The zero-order chi connectivity index (χ0) is 15.3. The molecule has 120 valence electrons. The summed E-state index contributed by atoms with van der Waals surface area (Å²) in [5.41, 5.74) is -0.237. The lowest BCUT2D eigenvalue weighted by molar-refractivity contribution is -0.141. The van der Waals surface area contributed by atoms with Crippen LogP contribution in [0.25, 0.3) is 0 Å². The largest absolute Gasteiger partial charge is 0.481 e. The number of nitrogens with one attached hydrogen (secondary N) is 1. The standard InChI is InChI=1S/C16H27NO4/c18-9-8-15(6-7-15)12-17-13(19)10-16(11-14(20)21)4-2-1-3-5-16/h18H,1-12H2,(H,17,19)(H,20,21). The molecule has 0 saturated heterocycles. The van der Waals surface area contributed by atoms with Crippen molar-refractivity contribution in [3.8, 4) is 0 Å². The summed E-state index contributed by atoms with van der Waals surface area (Å²) >= 11 is 0. The van der Waals surface area contributed by atoms with E-state index in [4.69, 9.17) is 10.2 Å². The minimum atomic E-state index is -0.802. The summed E-state index contributed by atoms with van der Waals surface area (Å²) in [6, 6.07) is 0. The van der Waals surface area contributed by atoms with Crippen molar-refractivity contribution in [3.05, 3.63) is 0 Å². The van der Waals surface area contributed by atoms with Crippen LogP contribution < -0.4 is 5.32 Å². The van der Waals surface area contributed by atoms with Gasteiger partial charge in [0.15, 0.2) is 0 Å². The molecule has 0 atom stereocenters. The molecule has 0 aromatic carbocycles. The number of carbonyl (C=O) groups is 2. The molecule has 2 fully saturated rings. The smallest absolute Gasteiger partial charge is 0.303 e. The molecular weight excluding hydrogens is 270 g/mol. The van der Waals surface area contributed by atoms with Gasteiger partial charge in [-0.1, -0.05) is 19.3 Å². The molecule has 0 aliphatic heterocycles. The Hall–Kier alpha value is -1.10. The van der Waals surface area contributed by atoms with Crippen LogP contribution in [-0.2, 0) is 9.59 Å². The first kappa shape index (κ1) is 16.3. The summed E-state index contributed by atoms with van der Waals surface area (Å²) in [5, 5.41) is 21.1. The highest BCUT2D eigenvalue weighted by molar-refractivity contribution is 5.78. The highest BCUT2D eigenvalue weighted by Crippen LogP contribution is 2.48. The molecule has 0 bridgehead atoms. The maximum absolute atomic E-state index is 12.2. The van der Waals surface area contributed by atoms with E-state index in [1.165, 1.54) is 0 Å². The van der Waals surface area contributed by atoms with Crippen LogP contribution >= 0.6 is 0 Å². The molecule has 0 radical (unpaired) electrons. The first-order chi connectivity index (χ1) is 9.99. The number of rotatable bonds is 8. The summed E-state index contributed by atoms with van der Waals surface area (Å²) in [6.07, 6.45) is 8.17. The predicted molar refractivity (Wildman–Crippen MR) is 78.8 cm³/mol. The number of aliphatic carboxylic acids is 1. The Labute approximate surface area is 126 Å². The second kappa shape index (κ2) is 6.77. The third kappa shape index (κ3) is 4.70. The van der Waals surface area contributed by atoms with Gasteiger partial charge in [0.1, 0.15) is 0 Å². The summed E-state index contributed by atoms with van der Waals surface area (Å²) < 4.78 is 0. The number of carbonyl (C=O) groups excluding carboxylic acids is 1. The molecule has 2 aliphatic rings. The number of carboxylic acid groups (broad SMARTS) is 1. The molecule has 0 aromatic rings. The lowest BCUT2D eigenvalue weighted by Gasteiger charge is -2.35. The molecule has 0 spiro atoms. The number of aliphatic hydroxyl groups excluding tert-OH is 1. The van der Waals surface area contributed by atoms with E-state index in [-0.39, 0.29) is 29.8 Å². The Balaban J connectivity index is 1.84. The Morgan fingerprint density at radius 3 is 2.14 bits per heavy atom. The zero-order valence-electron chi connectivity index (χ0n) is 12.7. The fourth-order valence-electron chi connectivity index (χ4n) is 3.66. The van der Waals surface area contributed by atoms with Gasteiger partial charge in [-0.2, -0.15) is 0 Å². The van der Waals surface area contributed by atoms with E-state index >= 15 is 0 Å². The first-order valence-corrected chi connectivity index (χ1v) is 8.09. The van der Waals surface area contributed by atoms with Crippen molar-refractivity contribution < 1.29 is 19.8 Å². The molecule has 2 aliphatic carbocycles. The maximum atomic E-state index is 12.2. The number of hydrogen-bond acceptors (Lipinski definition) is 3. The fraction of sp³-hybridized carbons (Fsp3) is 0.875. The van der Waals surface area contributed by atoms with E-state index < -0.39 is 5.97 Å². The predicted octanol–water partition coefficient (Wildman–Crippen LogP) is 2.08. The molecule has 0 unspecified atom stereocenters. The lowest BCUT2D eigenvalue weighted by atomic mass is 9.69. The van der Waals surface area contributed by atoms with E-state index in [1.807, 2.05) is 0 Å². The Morgan fingerprint density at radius 2 is 1.62 bits per heavy atom. The van der Waals surface area contributed by atoms with E-state index in [2.05, 4.69) is 5.32 Å². The van der Waals surface area contributed by atoms with Crippen LogP contribution in [0.3, 0.4) is 0 Å². The van der Waals surface area contributed by atoms with Gasteiger partial charge >= 0.3 is 5.97 Å². The van der Waals surface area contributed by atoms with Crippen molar-refractivity contribution in [2.24, 2.45) is 10.8 Å². The lowest BCUT2D eigenvalue weighted by Crippen LogP contribution is -2.37. The summed E-state index contributed by atoms with van der Waals surface area (Å²) in [6.45, 7) is 0.786. The average molecular weight is 297 g/mol. The molecule has 21 heavy (non-hydrogen) atoms. The second-order valence-corrected chi connectivity index (χ2v) is 7.06. The van der Waals surface area contributed by atoms with Crippen molar-refractivity contribution in [2.75, 3.05) is 13.2 Å². The van der Waals surface area contributed by atoms with Crippen LogP contribution in [-0.4, -0.2) is 35.2 Å². The number of amides is 1. The van der Waals surface area contributed by atoms with Crippen LogP contribution in [0.1, 0.15) is 64.2 Å². The molecule has 5 nitrogen and oxygen atoms in total. The van der Waals surface area contributed by atoms with Gasteiger partial charge in [-0.25, -0.2) is 0 Å². The van der Waals surface area contributed by atoms with E-state index in [1.54, 1.807) is 0 Å². The minimum Gasteiger partial charge on any atom is -0.481 e. The number of aliphatic hydroxyl groups is 1. The quantitative estimate of drug-likeness (QED) is 0.640. The third-order valence-corrected chi connectivity index (χ3v) is 5.24. The second-order valence-electron chi connectivity index (χ2n) is 7.06. The molecule has 5 heteroatoms. The third-order valence-electron chi connectivity index (χ3n) is 5.24. The molecule has 2 saturated carbocycles. The van der Waals surface area contributed by atoms with Crippen molar-refractivity contribution in [3.63, 3.8) is 0 Å². The van der Waals surface area contributed by atoms with Gasteiger partial charge in [-0.3, -0.25) is 9.59 Å². The topological polar surface area (TPSA) is 86.6 Å². The van der Waals surface area contributed by atoms with Gasteiger partial charge in [0.25, 0.3) is 0 Å². The van der Waals surface area contributed by atoms with Crippen molar-refractivity contribution >= 4 is 11.9 Å². The van der Waals surface area contributed by atoms with Crippen LogP contribution in [0.5, 0.6) is 0 Å². The molecule has 3 N–H and O–H groups in total. The minimum absolute atomic E-state index is 0.0256. The Bertz CT molecular complexity index is 384. The van der Waals surface area contributed by atoms with Gasteiger partial charge in [-0.15, -0.1) is 0 Å². The monoisotopic (exact) mass is 297 g/mol. The highest BCUT2D eigenvalue weighted by Gasteiger charge is 2.42. The zero-order valence-corrected chi connectivity index (χ0v) is 12.7. The van der Waals surface area contributed by atoms with E-state index in [9.17, 15) is 9.59 Å². The van der Waals surface area contributed by atoms with Crippen LogP contribution in [0, 0.1) is 10.8 Å². The van der Waals surface area contributed by atoms with Crippen LogP contribution in [0.15, 0.2) is 0 Å². The van der Waals surface area contributed by atoms with Gasteiger partial charge < -0.3 is 15.5 Å². The van der Waals surface area contributed by atoms with Gasteiger partial charge in [0.2, 0.25) is 5.91 Å². The van der Waals surface area contributed by atoms with Crippen molar-refractivity contribution in [1.82, 2.24) is 5.32 Å². The Morgan fingerprint density at radius 1 is 0.952 bits per heavy atom. The molecule has 0 aromatic heterocycles. The molecule has 0 heterocycles. The van der Waals surface area contributed by atoms with Crippen LogP contribution in [0.2, 0.25) is 0 Å². The summed E-state index contributed by atoms with van der Waals surface area (Å²) in [4.78, 5) is 23.3. The fourth-order valence-corrected chi connectivity index (χ4v) is 3.66. The highest BCUT2D eigenvalue weighted by atomic mass is 16.4. The normalized spacial score (nSPS) is 22.5. The van der Waals surface area contributed by atoms with Crippen molar-refractivity contribution in [1.29, 1.82) is 0 Å². The van der Waals surface area contributed by atoms with E-state index in [0.717, 1.165) is 51.4 Å². The molecule has 1 amide bonds. The Kier molecular flexibility index (Phi) is 5.25. The average Bonchev–Trinajstić information content (AvgIpc) is 3.17. The SMILES string of the molecule is O=C(O)CC1(CC(=O)NCC2(CCO)CC2)CCCCC1. The van der Waals surface area contributed by atoms with Gasteiger partial charge in [-0.05, 0) is 42.9 Å². The number of carboxylic acids is 1. The van der Waals surface area contributed by atoms with E-state index in [0.29, 0.717) is 13.0 Å². The maximum Gasteiger partial charge on any atom is 0.303 e. The molecular formula is C16H27NO4. The van der Waals surface area contributed by atoms with Crippen LogP contribution in [0.4, 0.5) is 0 Å². The summed E-state index contributed by atoms with van der Waals surface area (Å²) in [5.74, 6) is -0.828. The van der Waals surface area contributed by atoms with Crippen molar-refractivity contribution in [2.45, 2.75) is 64.2 Å². The molecule has 2 rings (SSSR count). The first-order valence-electron chi connectivity index (χ1n) is 8.09.